The van der Waals surface area contributed by atoms with E-state index in [4.69, 9.17) is 9.84 Å². The van der Waals surface area contributed by atoms with E-state index in [9.17, 15) is 9.59 Å². The number of unbranched alkanes of at least 4 members (excludes halogenated alkanes) is 1. The summed E-state index contributed by atoms with van der Waals surface area (Å²) < 4.78 is 5.15. The maximum Gasteiger partial charge on any atom is 0.338 e. The molecule has 0 amide bonds. The van der Waals surface area contributed by atoms with Gasteiger partial charge >= 0.3 is 11.9 Å². The molecule has 0 spiro atoms. The largest absolute Gasteiger partial charge is 0.478 e. The molecule has 0 heterocycles. The number of hydrogen-bond donors (Lipinski definition) is 1. The first-order valence-corrected chi connectivity index (χ1v) is 7.15. The minimum atomic E-state index is -1.07. The highest BCUT2D eigenvalue weighted by Gasteiger charge is 2.06. The monoisotopic (exact) mass is 300 g/mol. The van der Waals surface area contributed by atoms with Crippen molar-refractivity contribution in [3.8, 4) is 0 Å². The molecule has 0 aliphatic carbocycles. The third-order valence-corrected chi connectivity index (χ3v) is 2.74. The molecule has 0 fully saturated rings. The standard InChI is InChI=1S/C18H20O4/c1-2-3-14-22-18(21)16(10-7-11-17(19)20)13-12-15-8-5-4-6-9-15/h4-13H,2-3,14H2,1H3,(H,19,20). The number of carbonyl (C=O) groups excluding carboxylic acids is 1. The van der Waals surface area contributed by atoms with Crippen molar-refractivity contribution in [1.29, 1.82) is 0 Å². The highest BCUT2D eigenvalue weighted by molar-refractivity contribution is 5.93. The Hall–Kier alpha value is -2.62. The van der Waals surface area contributed by atoms with Crippen LogP contribution in [0, 0.1) is 0 Å². The summed E-state index contributed by atoms with van der Waals surface area (Å²) in [7, 11) is 0. The van der Waals surface area contributed by atoms with Gasteiger partial charge in [-0.05, 0) is 24.1 Å². The molecule has 0 aliphatic heterocycles. The van der Waals surface area contributed by atoms with Crippen molar-refractivity contribution >= 4 is 18.0 Å². The molecule has 0 saturated heterocycles. The van der Waals surface area contributed by atoms with E-state index in [1.54, 1.807) is 12.2 Å². The van der Waals surface area contributed by atoms with Crippen LogP contribution in [-0.4, -0.2) is 23.7 Å². The van der Waals surface area contributed by atoms with E-state index in [-0.39, 0.29) is 0 Å². The Morgan fingerprint density at radius 1 is 1.18 bits per heavy atom. The van der Waals surface area contributed by atoms with Gasteiger partial charge in [-0.25, -0.2) is 9.59 Å². The fourth-order valence-electron chi connectivity index (χ4n) is 1.57. The number of esters is 1. The van der Waals surface area contributed by atoms with Crippen LogP contribution in [-0.2, 0) is 14.3 Å². The minimum absolute atomic E-state index is 0.303. The van der Waals surface area contributed by atoms with Gasteiger partial charge in [0.05, 0.1) is 12.2 Å². The third kappa shape index (κ3) is 7.24. The van der Waals surface area contributed by atoms with Gasteiger partial charge in [0, 0.05) is 6.08 Å². The van der Waals surface area contributed by atoms with Crippen molar-refractivity contribution in [2.24, 2.45) is 0 Å². The lowest BCUT2D eigenvalue weighted by atomic mass is 10.1. The summed E-state index contributed by atoms with van der Waals surface area (Å²) in [6.45, 7) is 2.37. The number of carbonyl (C=O) groups is 2. The van der Waals surface area contributed by atoms with Gasteiger partial charge in [0.1, 0.15) is 0 Å². The lowest BCUT2D eigenvalue weighted by Gasteiger charge is -2.04. The van der Waals surface area contributed by atoms with Gasteiger partial charge in [-0.2, -0.15) is 0 Å². The SMILES string of the molecule is CCCCOC(=O)C(C=Cc1ccccc1)=CC=CC(=O)O. The molecule has 0 unspecified atom stereocenters. The van der Waals surface area contributed by atoms with E-state index in [0.717, 1.165) is 24.5 Å². The molecule has 1 N–H and O–H groups in total. The van der Waals surface area contributed by atoms with Crippen molar-refractivity contribution in [3.05, 3.63) is 65.8 Å². The number of benzene rings is 1. The molecule has 4 heteroatoms. The zero-order valence-corrected chi connectivity index (χ0v) is 12.6. The summed E-state index contributed by atoms with van der Waals surface area (Å²) >= 11 is 0. The number of carboxylic acid groups (broad SMARTS) is 1. The molecule has 0 bridgehead atoms. The molecule has 1 rings (SSSR count). The fraction of sp³-hybridized carbons (Fsp3) is 0.222. The molecular formula is C18H20O4. The zero-order chi connectivity index (χ0) is 16.2. The molecular weight excluding hydrogens is 280 g/mol. The summed E-state index contributed by atoms with van der Waals surface area (Å²) in [5.41, 5.74) is 1.24. The number of allylic oxidation sites excluding steroid dienone is 2. The molecule has 0 atom stereocenters. The van der Waals surface area contributed by atoms with E-state index < -0.39 is 11.9 Å². The highest BCUT2D eigenvalue weighted by Crippen LogP contribution is 2.08. The minimum Gasteiger partial charge on any atom is -0.478 e. The molecule has 0 saturated carbocycles. The molecule has 0 radical (unpaired) electrons. The lowest BCUT2D eigenvalue weighted by molar-refractivity contribution is -0.138. The Labute approximate surface area is 130 Å². The van der Waals surface area contributed by atoms with E-state index in [1.807, 2.05) is 37.3 Å². The third-order valence-electron chi connectivity index (χ3n) is 2.74. The number of rotatable bonds is 8. The normalized spacial score (nSPS) is 12.0. The number of ether oxygens (including phenoxy) is 1. The number of hydrogen-bond acceptors (Lipinski definition) is 3. The molecule has 1 aromatic rings. The topological polar surface area (TPSA) is 63.6 Å². The lowest BCUT2D eigenvalue weighted by Crippen LogP contribution is -2.07. The van der Waals surface area contributed by atoms with Crippen LogP contribution in [0.25, 0.3) is 6.08 Å². The molecule has 116 valence electrons. The van der Waals surface area contributed by atoms with Gasteiger partial charge < -0.3 is 9.84 Å². The molecule has 4 nitrogen and oxygen atoms in total. The number of aliphatic carboxylic acids is 1. The van der Waals surface area contributed by atoms with Crippen LogP contribution in [0.3, 0.4) is 0 Å². The molecule has 0 aliphatic rings. The van der Waals surface area contributed by atoms with E-state index >= 15 is 0 Å². The van der Waals surface area contributed by atoms with Crippen LogP contribution in [0.15, 0.2) is 60.2 Å². The molecule has 0 aromatic heterocycles. The van der Waals surface area contributed by atoms with Gasteiger partial charge in [0.25, 0.3) is 0 Å². The second-order valence-corrected chi connectivity index (χ2v) is 4.55. The molecule has 1 aromatic carbocycles. The van der Waals surface area contributed by atoms with Crippen LogP contribution in [0.2, 0.25) is 0 Å². The van der Waals surface area contributed by atoms with Gasteiger partial charge in [0.15, 0.2) is 0 Å². The Kier molecular flexibility index (Phi) is 8.05. The van der Waals surface area contributed by atoms with E-state index in [0.29, 0.717) is 12.2 Å². The van der Waals surface area contributed by atoms with Crippen LogP contribution in [0.4, 0.5) is 0 Å². The van der Waals surface area contributed by atoms with Crippen molar-refractivity contribution < 1.29 is 19.4 Å². The highest BCUT2D eigenvalue weighted by atomic mass is 16.5. The summed E-state index contributed by atoms with van der Waals surface area (Å²) in [5.74, 6) is -1.53. The zero-order valence-electron chi connectivity index (χ0n) is 12.6. The van der Waals surface area contributed by atoms with Gasteiger partial charge in [-0.15, -0.1) is 0 Å². The Bertz CT molecular complexity index is 568. The van der Waals surface area contributed by atoms with Crippen LogP contribution >= 0.6 is 0 Å². The first-order chi connectivity index (χ1) is 10.6. The second-order valence-electron chi connectivity index (χ2n) is 4.55. The van der Waals surface area contributed by atoms with Gasteiger partial charge in [0.2, 0.25) is 0 Å². The first kappa shape index (κ1) is 17.4. The van der Waals surface area contributed by atoms with E-state index in [2.05, 4.69) is 0 Å². The van der Waals surface area contributed by atoms with Crippen molar-refractivity contribution in [1.82, 2.24) is 0 Å². The summed E-state index contributed by atoms with van der Waals surface area (Å²) in [6.07, 6.45) is 8.85. The maximum absolute atomic E-state index is 12.0. The Morgan fingerprint density at radius 3 is 2.55 bits per heavy atom. The van der Waals surface area contributed by atoms with Gasteiger partial charge in [-0.1, -0.05) is 55.8 Å². The predicted octanol–water partition coefficient (Wildman–Crippen LogP) is 3.61. The summed E-state index contributed by atoms with van der Waals surface area (Å²) in [5, 5.41) is 8.60. The smallest absolute Gasteiger partial charge is 0.338 e. The summed E-state index contributed by atoms with van der Waals surface area (Å²) in [4.78, 5) is 22.5. The van der Waals surface area contributed by atoms with Crippen LogP contribution in [0.1, 0.15) is 25.3 Å². The Balaban J connectivity index is 2.83. The van der Waals surface area contributed by atoms with E-state index in [1.165, 1.54) is 12.2 Å². The van der Waals surface area contributed by atoms with Crippen LogP contribution < -0.4 is 0 Å². The van der Waals surface area contributed by atoms with Crippen molar-refractivity contribution in [3.63, 3.8) is 0 Å². The van der Waals surface area contributed by atoms with Crippen molar-refractivity contribution in [2.45, 2.75) is 19.8 Å². The first-order valence-electron chi connectivity index (χ1n) is 7.15. The summed E-state index contributed by atoms with van der Waals surface area (Å²) in [6, 6.07) is 9.51. The average molecular weight is 300 g/mol. The maximum atomic E-state index is 12.0. The number of carboxylic acids is 1. The fourth-order valence-corrected chi connectivity index (χ4v) is 1.57. The Morgan fingerprint density at radius 2 is 1.91 bits per heavy atom. The van der Waals surface area contributed by atoms with Crippen LogP contribution in [0.5, 0.6) is 0 Å². The van der Waals surface area contributed by atoms with Gasteiger partial charge in [-0.3, -0.25) is 0 Å². The quantitative estimate of drug-likeness (QED) is 0.345. The molecule has 22 heavy (non-hydrogen) atoms. The van der Waals surface area contributed by atoms with Crippen molar-refractivity contribution in [2.75, 3.05) is 6.61 Å². The second kappa shape index (κ2) is 10.2. The predicted molar refractivity (Wildman–Crippen MR) is 86.2 cm³/mol. The average Bonchev–Trinajstić information content (AvgIpc) is 2.51.